The molecule has 0 spiro atoms. The first-order chi connectivity index (χ1) is 10.7. The molecule has 1 aromatic carbocycles. The summed E-state index contributed by atoms with van der Waals surface area (Å²) in [6.45, 7) is 2.16. The molecule has 0 bridgehead atoms. The fraction of sp³-hybridized carbons (Fsp3) is 0.375. The van der Waals surface area contributed by atoms with Crippen molar-refractivity contribution in [3.63, 3.8) is 0 Å². The van der Waals surface area contributed by atoms with Crippen molar-refractivity contribution in [3.05, 3.63) is 46.8 Å². The van der Waals surface area contributed by atoms with Crippen molar-refractivity contribution in [2.24, 2.45) is 0 Å². The number of aromatic amines is 1. The molecule has 1 aromatic heterocycles. The Labute approximate surface area is 129 Å². The van der Waals surface area contributed by atoms with Gasteiger partial charge in [-0.15, -0.1) is 0 Å². The summed E-state index contributed by atoms with van der Waals surface area (Å²) in [5.74, 6) is 0.752. The number of amides is 1. The van der Waals surface area contributed by atoms with Gasteiger partial charge < -0.3 is 15.0 Å². The van der Waals surface area contributed by atoms with Crippen molar-refractivity contribution >= 4 is 5.91 Å². The first kappa shape index (κ1) is 14.6. The van der Waals surface area contributed by atoms with Gasteiger partial charge in [0, 0.05) is 44.4 Å². The molecule has 2 N–H and O–H groups in total. The Hall–Kier alpha value is -2.34. The standard InChI is InChI=1S/C16H20N4O2/c1-20(10-11-3-5-12(22-2)6-4-11)16(21)15-13-9-17-8-7-14(13)18-19-15/h3-6,17H,7-10H2,1-2H3,(H,18,19). The molecular weight excluding hydrogens is 280 g/mol. The van der Waals surface area contributed by atoms with Crippen LogP contribution in [-0.2, 0) is 19.5 Å². The molecule has 1 amide bonds. The number of hydrogen-bond acceptors (Lipinski definition) is 4. The number of nitrogens with one attached hydrogen (secondary N) is 2. The van der Waals surface area contributed by atoms with Crippen LogP contribution in [0.2, 0.25) is 0 Å². The maximum absolute atomic E-state index is 12.6. The van der Waals surface area contributed by atoms with E-state index in [1.54, 1.807) is 19.1 Å². The molecule has 0 saturated carbocycles. The number of carbonyl (C=O) groups is 1. The number of ether oxygens (including phenoxy) is 1. The lowest BCUT2D eigenvalue weighted by atomic mass is 10.1. The number of H-pyrrole nitrogens is 1. The number of aromatic nitrogens is 2. The van der Waals surface area contributed by atoms with Gasteiger partial charge in [0.15, 0.2) is 5.69 Å². The van der Waals surface area contributed by atoms with Gasteiger partial charge in [0.1, 0.15) is 5.75 Å². The van der Waals surface area contributed by atoms with E-state index < -0.39 is 0 Å². The summed E-state index contributed by atoms with van der Waals surface area (Å²) in [6.07, 6.45) is 0.887. The van der Waals surface area contributed by atoms with Gasteiger partial charge in [0.2, 0.25) is 0 Å². The Morgan fingerprint density at radius 3 is 2.86 bits per heavy atom. The predicted molar refractivity (Wildman–Crippen MR) is 82.8 cm³/mol. The monoisotopic (exact) mass is 300 g/mol. The molecule has 3 rings (SSSR count). The van der Waals surface area contributed by atoms with Crippen LogP contribution in [-0.4, -0.2) is 41.7 Å². The van der Waals surface area contributed by atoms with E-state index in [9.17, 15) is 4.79 Å². The summed E-state index contributed by atoms with van der Waals surface area (Å²) < 4.78 is 5.14. The summed E-state index contributed by atoms with van der Waals surface area (Å²) in [7, 11) is 3.43. The maximum Gasteiger partial charge on any atom is 0.274 e. The second kappa shape index (κ2) is 6.19. The zero-order valence-corrected chi connectivity index (χ0v) is 12.8. The minimum atomic E-state index is -0.0583. The normalized spacial score (nSPS) is 13.5. The first-order valence-corrected chi connectivity index (χ1v) is 7.34. The molecule has 6 heteroatoms. The van der Waals surface area contributed by atoms with E-state index in [1.165, 1.54) is 0 Å². The molecule has 2 aromatic rings. The second-order valence-corrected chi connectivity index (χ2v) is 5.47. The molecule has 0 fully saturated rings. The van der Waals surface area contributed by atoms with E-state index in [4.69, 9.17) is 4.74 Å². The molecule has 6 nitrogen and oxygen atoms in total. The number of carbonyl (C=O) groups excluding carboxylic acids is 1. The molecule has 1 aliphatic heterocycles. The lowest BCUT2D eigenvalue weighted by molar-refractivity contribution is 0.0778. The summed E-state index contributed by atoms with van der Waals surface area (Å²) in [6, 6.07) is 7.72. The van der Waals surface area contributed by atoms with E-state index in [2.05, 4.69) is 15.5 Å². The molecular formula is C16H20N4O2. The van der Waals surface area contributed by atoms with Crippen LogP contribution in [0.4, 0.5) is 0 Å². The molecule has 22 heavy (non-hydrogen) atoms. The van der Waals surface area contributed by atoms with Crippen molar-refractivity contribution in [2.75, 3.05) is 20.7 Å². The van der Waals surface area contributed by atoms with Crippen LogP contribution in [0, 0.1) is 0 Å². The number of rotatable bonds is 4. The highest BCUT2D eigenvalue weighted by Gasteiger charge is 2.23. The molecule has 1 aliphatic rings. The van der Waals surface area contributed by atoms with Crippen LogP contribution in [0.5, 0.6) is 5.75 Å². The number of hydrogen-bond donors (Lipinski definition) is 2. The Morgan fingerprint density at radius 1 is 1.36 bits per heavy atom. The van der Waals surface area contributed by atoms with Crippen molar-refractivity contribution in [3.8, 4) is 5.75 Å². The molecule has 116 valence electrons. The van der Waals surface area contributed by atoms with Crippen LogP contribution in [0.1, 0.15) is 27.3 Å². The Bertz CT molecular complexity index is 663. The molecule has 0 aliphatic carbocycles. The average Bonchev–Trinajstić information content (AvgIpc) is 2.99. The highest BCUT2D eigenvalue weighted by atomic mass is 16.5. The lowest BCUT2D eigenvalue weighted by Crippen LogP contribution is -2.29. The topological polar surface area (TPSA) is 70.2 Å². The molecule has 0 saturated heterocycles. The van der Waals surface area contributed by atoms with Gasteiger partial charge in [-0.25, -0.2) is 0 Å². The van der Waals surface area contributed by atoms with E-state index >= 15 is 0 Å². The second-order valence-electron chi connectivity index (χ2n) is 5.47. The summed E-state index contributed by atoms with van der Waals surface area (Å²) in [4.78, 5) is 14.3. The average molecular weight is 300 g/mol. The van der Waals surface area contributed by atoms with Crippen LogP contribution < -0.4 is 10.1 Å². The number of fused-ring (bicyclic) bond motifs is 1. The molecule has 0 unspecified atom stereocenters. The molecule has 0 atom stereocenters. The first-order valence-electron chi connectivity index (χ1n) is 7.34. The fourth-order valence-corrected chi connectivity index (χ4v) is 2.66. The smallest absolute Gasteiger partial charge is 0.274 e. The van der Waals surface area contributed by atoms with Gasteiger partial charge in [-0.05, 0) is 17.7 Å². The van der Waals surface area contributed by atoms with Gasteiger partial charge in [-0.2, -0.15) is 5.10 Å². The number of methoxy groups -OCH3 is 1. The third-order valence-electron chi connectivity index (χ3n) is 3.93. The maximum atomic E-state index is 12.6. The van der Waals surface area contributed by atoms with E-state index in [0.717, 1.165) is 35.5 Å². The SMILES string of the molecule is COc1ccc(CN(C)C(=O)c2n[nH]c3c2CNCC3)cc1. The highest BCUT2D eigenvalue weighted by Crippen LogP contribution is 2.18. The van der Waals surface area contributed by atoms with E-state index in [1.807, 2.05) is 24.3 Å². The summed E-state index contributed by atoms with van der Waals surface area (Å²) >= 11 is 0. The Balaban J connectivity index is 1.72. The Kier molecular flexibility index (Phi) is 4.11. The molecule has 2 heterocycles. The van der Waals surface area contributed by atoms with Crippen molar-refractivity contribution in [1.82, 2.24) is 20.4 Å². The molecule has 0 radical (unpaired) electrons. The third kappa shape index (κ3) is 2.82. The number of benzene rings is 1. The number of nitrogens with zero attached hydrogens (tertiary/aromatic N) is 2. The van der Waals surface area contributed by atoms with Gasteiger partial charge in [-0.3, -0.25) is 9.89 Å². The summed E-state index contributed by atoms with van der Waals surface area (Å²) in [5.41, 5.74) is 3.65. The summed E-state index contributed by atoms with van der Waals surface area (Å²) in [5, 5.41) is 10.5. The van der Waals surface area contributed by atoms with Gasteiger partial charge in [0.05, 0.1) is 7.11 Å². The minimum Gasteiger partial charge on any atom is -0.497 e. The van der Waals surface area contributed by atoms with Crippen LogP contribution in [0.15, 0.2) is 24.3 Å². The zero-order chi connectivity index (χ0) is 15.5. The van der Waals surface area contributed by atoms with Crippen molar-refractivity contribution < 1.29 is 9.53 Å². The van der Waals surface area contributed by atoms with Gasteiger partial charge >= 0.3 is 0 Å². The lowest BCUT2D eigenvalue weighted by Gasteiger charge is -2.18. The van der Waals surface area contributed by atoms with Crippen molar-refractivity contribution in [2.45, 2.75) is 19.5 Å². The van der Waals surface area contributed by atoms with Crippen LogP contribution in [0.3, 0.4) is 0 Å². The minimum absolute atomic E-state index is 0.0583. The van der Waals surface area contributed by atoms with Gasteiger partial charge in [-0.1, -0.05) is 12.1 Å². The fourth-order valence-electron chi connectivity index (χ4n) is 2.66. The largest absolute Gasteiger partial charge is 0.497 e. The zero-order valence-electron chi connectivity index (χ0n) is 12.8. The van der Waals surface area contributed by atoms with Crippen molar-refractivity contribution in [1.29, 1.82) is 0 Å². The predicted octanol–water partition coefficient (Wildman–Crippen LogP) is 1.34. The quantitative estimate of drug-likeness (QED) is 0.894. The van der Waals surface area contributed by atoms with E-state index in [-0.39, 0.29) is 5.91 Å². The van der Waals surface area contributed by atoms with Crippen LogP contribution >= 0.6 is 0 Å². The van der Waals surface area contributed by atoms with Crippen LogP contribution in [0.25, 0.3) is 0 Å². The Morgan fingerprint density at radius 2 is 2.14 bits per heavy atom. The van der Waals surface area contributed by atoms with Gasteiger partial charge in [0.25, 0.3) is 5.91 Å². The van der Waals surface area contributed by atoms with E-state index in [0.29, 0.717) is 18.8 Å². The highest BCUT2D eigenvalue weighted by molar-refractivity contribution is 5.93. The third-order valence-corrected chi connectivity index (χ3v) is 3.93.